The average Bonchev–Trinajstić information content (AvgIpc) is 2.53. The second kappa shape index (κ2) is 7.98. The number of hydrogen-bond donors (Lipinski definition) is 2. The molecule has 1 amide bonds. The molecular weight excluding hydrogens is 266 g/mol. The molecular formula is C16H25N3O2. The van der Waals surface area contributed by atoms with Gasteiger partial charge in [0.15, 0.2) is 0 Å². The van der Waals surface area contributed by atoms with Crippen LogP contribution in [0.2, 0.25) is 0 Å². The van der Waals surface area contributed by atoms with E-state index < -0.39 is 0 Å². The molecule has 0 saturated carbocycles. The SMILES string of the molecule is CCCNc1ccnc(C(=O)N2CCCCC2CCO)c1. The summed E-state index contributed by atoms with van der Waals surface area (Å²) in [5, 5.41) is 12.4. The summed E-state index contributed by atoms with van der Waals surface area (Å²) in [5.74, 6) is -0.0201. The molecule has 1 atom stereocenters. The van der Waals surface area contributed by atoms with Gasteiger partial charge in [-0.15, -0.1) is 0 Å². The highest BCUT2D eigenvalue weighted by molar-refractivity contribution is 5.93. The highest BCUT2D eigenvalue weighted by Crippen LogP contribution is 2.22. The Labute approximate surface area is 126 Å². The number of hydrogen-bond acceptors (Lipinski definition) is 4. The van der Waals surface area contributed by atoms with E-state index in [1.807, 2.05) is 17.0 Å². The first-order valence-electron chi connectivity index (χ1n) is 7.88. The van der Waals surface area contributed by atoms with Crippen LogP contribution in [-0.4, -0.2) is 46.6 Å². The van der Waals surface area contributed by atoms with Crippen molar-refractivity contribution in [3.05, 3.63) is 24.0 Å². The van der Waals surface area contributed by atoms with Crippen LogP contribution in [-0.2, 0) is 0 Å². The number of amides is 1. The van der Waals surface area contributed by atoms with E-state index in [0.717, 1.165) is 44.5 Å². The van der Waals surface area contributed by atoms with Gasteiger partial charge in [-0.25, -0.2) is 0 Å². The van der Waals surface area contributed by atoms with E-state index in [0.29, 0.717) is 12.1 Å². The van der Waals surface area contributed by atoms with Crippen molar-refractivity contribution >= 4 is 11.6 Å². The van der Waals surface area contributed by atoms with Crippen LogP contribution in [0.4, 0.5) is 5.69 Å². The molecule has 2 heterocycles. The highest BCUT2D eigenvalue weighted by Gasteiger charge is 2.27. The molecule has 21 heavy (non-hydrogen) atoms. The van der Waals surface area contributed by atoms with E-state index in [9.17, 15) is 4.79 Å². The highest BCUT2D eigenvalue weighted by atomic mass is 16.3. The largest absolute Gasteiger partial charge is 0.396 e. The number of carbonyl (C=O) groups is 1. The van der Waals surface area contributed by atoms with Crippen molar-refractivity contribution in [3.8, 4) is 0 Å². The van der Waals surface area contributed by atoms with E-state index in [1.165, 1.54) is 0 Å². The standard InChI is InChI=1S/C16H25N3O2/c1-2-8-17-13-6-9-18-15(12-13)16(21)19-10-4-3-5-14(19)7-11-20/h6,9,12,14,20H,2-5,7-8,10-11H2,1H3,(H,17,18). The number of aliphatic hydroxyl groups excluding tert-OH is 1. The number of carbonyl (C=O) groups excluding carboxylic acids is 1. The molecule has 5 heteroatoms. The molecule has 5 nitrogen and oxygen atoms in total. The monoisotopic (exact) mass is 291 g/mol. The number of aromatic nitrogens is 1. The van der Waals surface area contributed by atoms with E-state index in [1.54, 1.807) is 6.20 Å². The number of likely N-dealkylation sites (tertiary alicyclic amines) is 1. The second-order valence-electron chi connectivity index (χ2n) is 5.52. The summed E-state index contributed by atoms with van der Waals surface area (Å²) in [4.78, 5) is 18.8. The van der Waals surface area contributed by atoms with Crippen LogP contribution in [0.1, 0.15) is 49.5 Å². The van der Waals surface area contributed by atoms with Crippen molar-refractivity contribution in [1.82, 2.24) is 9.88 Å². The number of anilines is 1. The summed E-state index contributed by atoms with van der Waals surface area (Å²) in [6.45, 7) is 3.87. The number of rotatable bonds is 6. The van der Waals surface area contributed by atoms with Crippen LogP contribution in [0.5, 0.6) is 0 Å². The smallest absolute Gasteiger partial charge is 0.272 e. The third-order valence-electron chi connectivity index (χ3n) is 3.91. The lowest BCUT2D eigenvalue weighted by Crippen LogP contribution is -2.44. The molecule has 0 aliphatic carbocycles. The number of pyridine rings is 1. The average molecular weight is 291 g/mol. The van der Waals surface area contributed by atoms with Crippen molar-refractivity contribution in [2.24, 2.45) is 0 Å². The molecule has 1 saturated heterocycles. The Morgan fingerprint density at radius 2 is 2.38 bits per heavy atom. The van der Waals surface area contributed by atoms with Gasteiger partial charge in [0.2, 0.25) is 0 Å². The maximum Gasteiger partial charge on any atom is 0.272 e. The van der Waals surface area contributed by atoms with Gasteiger partial charge in [0.05, 0.1) is 0 Å². The van der Waals surface area contributed by atoms with Gasteiger partial charge in [0, 0.05) is 37.6 Å². The first-order valence-corrected chi connectivity index (χ1v) is 7.88. The minimum absolute atomic E-state index is 0.0201. The number of nitrogens with one attached hydrogen (secondary N) is 1. The Hall–Kier alpha value is -1.62. The summed E-state index contributed by atoms with van der Waals surface area (Å²) in [7, 11) is 0. The molecule has 1 aliphatic rings. The molecule has 2 N–H and O–H groups in total. The lowest BCUT2D eigenvalue weighted by molar-refractivity contribution is 0.0568. The van der Waals surface area contributed by atoms with Gasteiger partial charge >= 0.3 is 0 Å². The predicted octanol–water partition coefficient (Wildman–Crippen LogP) is 2.28. The maximum absolute atomic E-state index is 12.7. The summed E-state index contributed by atoms with van der Waals surface area (Å²) < 4.78 is 0. The maximum atomic E-state index is 12.7. The van der Waals surface area contributed by atoms with Crippen LogP contribution in [0.3, 0.4) is 0 Å². The molecule has 1 unspecified atom stereocenters. The van der Waals surface area contributed by atoms with Gasteiger partial charge in [-0.2, -0.15) is 0 Å². The van der Waals surface area contributed by atoms with Gasteiger partial charge in [-0.1, -0.05) is 6.92 Å². The Morgan fingerprint density at radius 1 is 1.52 bits per heavy atom. The third kappa shape index (κ3) is 4.17. The summed E-state index contributed by atoms with van der Waals surface area (Å²) >= 11 is 0. The van der Waals surface area contributed by atoms with Crippen molar-refractivity contribution in [2.75, 3.05) is 25.0 Å². The first-order chi connectivity index (χ1) is 10.3. The van der Waals surface area contributed by atoms with Crippen molar-refractivity contribution in [1.29, 1.82) is 0 Å². The van der Waals surface area contributed by atoms with Crippen molar-refractivity contribution < 1.29 is 9.90 Å². The Kier molecular flexibility index (Phi) is 5.99. The van der Waals surface area contributed by atoms with Gasteiger partial charge < -0.3 is 15.3 Å². The fourth-order valence-electron chi connectivity index (χ4n) is 2.79. The topological polar surface area (TPSA) is 65.5 Å². The Balaban J connectivity index is 2.10. The molecule has 0 bridgehead atoms. The second-order valence-corrected chi connectivity index (χ2v) is 5.52. The third-order valence-corrected chi connectivity index (χ3v) is 3.91. The van der Waals surface area contributed by atoms with Crippen LogP contribution >= 0.6 is 0 Å². The lowest BCUT2D eigenvalue weighted by atomic mass is 9.99. The normalized spacial score (nSPS) is 18.6. The van der Waals surface area contributed by atoms with Gasteiger partial charge in [0.1, 0.15) is 5.69 Å². The zero-order valence-corrected chi connectivity index (χ0v) is 12.7. The zero-order valence-electron chi connectivity index (χ0n) is 12.7. The van der Waals surface area contributed by atoms with Crippen LogP contribution in [0.15, 0.2) is 18.3 Å². The van der Waals surface area contributed by atoms with Crippen molar-refractivity contribution in [3.63, 3.8) is 0 Å². The van der Waals surface area contributed by atoms with E-state index in [2.05, 4.69) is 17.2 Å². The molecule has 1 aromatic heterocycles. The zero-order chi connectivity index (χ0) is 15.1. The number of piperidine rings is 1. The Morgan fingerprint density at radius 3 is 3.14 bits per heavy atom. The first kappa shape index (κ1) is 15.8. The van der Waals surface area contributed by atoms with Crippen LogP contribution in [0.25, 0.3) is 0 Å². The number of nitrogens with zero attached hydrogens (tertiary/aromatic N) is 2. The minimum Gasteiger partial charge on any atom is -0.396 e. The Bertz CT molecular complexity index is 463. The van der Waals surface area contributed by atoms with Gasteiger partial charge in [-0.05, 0) is 44.2 Å². The minimum atomic E-state index is -0.0201. The van der Waals surface area contributed by atoms with E-state index in [-0.39, 0.29) is 18.6 Å². The summed E-state index contributed by atoms with van der Waals surface area (Å²) in [6, 6.07) is 3.85. The molecule has 1 aromatic rings. The van der Waals surface area contributed by atoms with Crippen LogP contribution < -0.4 is 5.32 Å². The summed E-state index contributed by atoms with van der Waals surface area (Å²) in [5.41, 5.74) is 1.42. The van der Waals surface area contributed by atoms with E-state index in [4.69, 9.17) is 5.11 Å². The quantitative estimate of drug-likeness (QED) is 0.844. The predicted molar refractivity (Wildman–Crippen MR) is 83.4 cm³/mol. The molecule has 0 aromatic carbocycles. The molecule has 1 fully saturated rings. The van der Waals surface area contributed by atoms with E-state index >= 15 is 0 Å². The lowest BCUT2D eigenvalue weighted by Gasteiger charge is -2.35. The summed E-state index contributed by atoms with van der Waals surface area (Å²) in [6.07, 6.45) is 6.49. The molecule has 116 valence electrons. The fraction of sp³-hybridized carbons (Fsp3) is 0.625. The van der Waals surface area contributed by atoms with Crippen molar-refractivity contribution in [2.45, 2.75) is 45.1 Å². The molecule has 2 rings (SSSR count). The van der Waals surface area contributed by atoms with Gasteiger partial charge in [-0.3, -0.25) is 9.78 Å². The molecule has 0 spiro atoms. The fourth-order valence-corrected chi connectivity index (χ4v) is 2.79. The number of aliphatic hydroxyl groups is 1. The van der Waals surface area contributed by atoms with Gasteiger partial charge in [0.25, 0.3) is 5.91 Å². The van der Waals surface area contributed by atoms with Crippen LogP contribution in [0, 0.1) is 0 Å². The molecule has 1 aliphatic heterocycles. The molecule has 0 radical (unpaired) electrons.